The largest absolute Gasteiger partial charge is 0.493 e. The zero-order valence-corrected chi connectivity index (χ0v) is 21.7. The van der Waals surface area contributed by atoms with Gasteiger partial charge in [0.1, 0.15) is 23.7 Å². The lowest BCUT2D eigenvalue weighted by Crippen LogP contribution is -2.38. The standard InChI is InChI=1S/C25H30ClNO6S/c1-14(2)23(33-19-9-7-18(26)8-10-19)16(4)31-25(29)15(3)13-21(34)22-24(32-17(5)28)20(30-6)11-12-27-22/h7-12,14-16,23H,13H2,1-6H3/t15-,16+,23-/m1/s1. The molecule has 2 aromatic rings. The van der Waals surface area contributed by atoms with Crippen molar-refractivity contribution in [3.8, 4) is 17.2 Å². The van der Waals surface area contributed by atoms with E-state index in [0.29, 0.717) is 21.4 Å². The Balaban J connectivity index is 2.08. The summed E-state index contributed by atoms with van der Waals surface area (Å²) < 4.78 is 22.3. The maximum Gasteiger partial charge on any atom is 0.309 e. The number of nitrogens with zero attached hydrogens (tertiary/aromatic N) is 1. The molecule has 3 atom stereocenters. The first-order chi connectivity index (χ1) is 16.0. The highest BCUT2D eigenvalue weighted by Gasteiger charge is 2.29. The van der Waals surface area contributed by atoms with Gasteiger partial charge in [-0.1, -0.05) is 44.6 Å². The van der Waals surface area contributed by atoms with Crippen LogP contribution >= 0.6 is 23.8 Å². The van der Waals surface area contributed by atoms with Gasteiger partial charge in [-0.25, -0.2) is 0 Å². The van der Waals surface area contributed by atoms with Crippen LogP contribution in [-0.2, 0) is 14.3 Å². The molecule has 0 saturated heterocycles. The smallest absolute Gasteiger partial charge is 0.309 e. The van der Waals surface area contributed by atoms with E-state index in [4.69, 9.17) is 42.8 Å². The lowest BCUT2D eigenvalue weighted by atomic mass is 10.0. The Hall–Kier alpha value is -2.71. The molecule has 7 nitrogen and oxygen atoms in total. The number of rotatable bonds is 11. The summed E-state index contributed by atoms with van der Waals surface area (Å²) in [5, 5.41) is 0.611. The fourth-order valence-corrected chi connectivity index (χ4v) is 3.82. The first kappa shape index (κ1) is 27.5. The fourth-order valence-electron chi connectivity index (χ4n) is 3.30. The van der Waals surface area contributed by atoms with Gasteiger partial charge in [-0.3, -0.25) is 14.6 Å². The van der Waals surface area contributed by atoms with Crippen LogP contribution in [0.2, 0.25) is 5.02 Å². The number of benzene rings is 1. The van der Waals surface area contributed by atoms with E-state index in [9.17, 15) is 9.59 Å². The Morgan fingerprint density at radius 3 is 2.29 bits per heavy atom. The molecule has 0 aliphatic carbocycles. The van der Waals surface area contributed by atoms with Gasteiger partial charge in [0.2, 0.25) is 0 Å². The van der Waals surface area contributed by atoms with Crippen molar-refractivity contribution >= 4 is 40.6 Å². The van der Waals surface area contributed by atoms with Gasteiger partial charge in [0.25, 0.3) is 0 Å². The van der Waals surface area contributed by atoms with E-state index in [0.717, 1.165) is 0 Å². The maximum atomic E-state index is 12.8. The van der Waals surface area contributed by atoms with Crippen LogP contribution in [0.3, 0.4) is 0 Å². The van der Waals surface area contributed by atoms with Crippen LogP contribution in [0, 0.1) is 11.8 Å². The Kier molecular flexibility index (Phi) is 10.3. The predicted molar refractivity (Wildman–Crippen MR) is 134 cm³/mol. The van der Waals surface area contributed by atoms with Crippen molar-refractivity contribution in [2.75, 3.05) is 7.11 Å². The molecule has 1 aromatic carbocycles. The van der Waals surface area contributed by atoms with Gasteiger partial charge in [0, 0.05) is 29.1 Å². The van der Waals surface area contributed by atoms with E-state index < -0.39 is 24.0 Å². The van der Waals surface area contributed by atoms with Crippen LogP contribution in [0.15, 0.2) is 36.5 Å². The average Bonchev–Trinajstić information content (AvgIpc) is 2.77. The van der Waals surface area contributed by atoms with Gasteiger partial charge in [-0.05, 0) is 43.5 Å². The third-order valence-electron chi connectivity index (χ3n) is 5.00. The van der Waals surface area contributed by atoms with E-state index in [1.54, 1.807) is 44.2 Å². The average molecular weight is 508 g/mol. The van der Waals surface area contributed by atoms with Crippen LogP contribution in [0.5, 0.6) is 17.2 Å². The fraction of sp³-hybridized carbons (Fsp3) is 0.440. The van der Waals surface area contributed by atoms with Crippen LogP contribution < -0.4 is 14.2 Å². The molecule has 9 heteroatoms. The number of pyridine rings is 1. The molecular weight excluding hydrogens is 478 g/mol. The number of hydrogen-bond donors (Lipinski definition) is 0. The normalized spacial score (nSPS) is 13.5. The zero-order chi connectivity index (χ0) is 25.4. The summed E-state index contributed by atoms with van der Waals surface area (Å²) in [7, 11) is 1.45. The highest BCUT2D eigenvalue weighted by molar-refractivity contribution is 7.80. The molecule has 0 aliphatic rings. The zero-order valence-electron chi connectivity index (χ0n) is 20.2. The van der Waals surface area contributed by atoms with Gasteiger partial charge >= 0.3 is 11.9 Å². The predicted octanol–water partition coefficient (Wildman–Crippen LogP) is 5.45. The summed E-state index contributed by atoms with van der Waals surface area (Å²) in [6, 6.07) is 8.59. The maximum absolute atomic E-state index is 12.8. The minimum absolute atomic E-state index is 0.0853. The Labute approximate surface area is 210 Å². The summed E-state index contributed by atoms with van der Waals surface area (Å²) in [5.41, 5.74) is 0.281. The molecule has 0 fully saturated rings. The highest BCUT2D eigenvalue weighted by Crippen LogP contribution is 2.31. The number of halogens is 1. The molecule has 0 saturated carbocycles. The molecule has 1 aromatic heterocycles. The van der Waals surface area contributed by atoms with Crippen molar-refractivity contribution in [3.05, 3.63) is 47.2 Å². The third-order valence-corrected chi connectivity index (χ3v) is 5.61. The highest BCUT2D eigenvalue weighted by atomic mass is 35.5. The van der Waals surface area contributed by atoms with Gasteiger partial charge in [-0.2, -0.15) is 0 Å². The van der Waals surface area contributed by atoms with Crippen molar-refractivity contribution in [2.45, 2.75) is 53.2 Å². The van der Waals surface area contributed by atoms with Crippen molar-refractivity contribution in [3.63, 3.8) is 0 Å². The number of methoxy groups -OCH3 is 1. The van der Waals surface area contributed by atoms with Gasteiger partial charge in [0.05, 0.1) is 13.0 Å². The first-order valence-corrected chi connectivity index (χ1v) is 11.7. The number of esters is 2. The Morgan fingerprint density at radius 1 is 1.09 bits per heavy atom. The van der Waals surface area contributed by atoms with E-state index >= 15 is 0 Å². The summed E-state index contributed by atoms with van der Waals surface area (Å²) in [5.74, 6) is -0.326. The second kappa shape index (κ2) is 12.7. The SMILES string of the molecule is COc1ccnc(C(=S)C[C@@H](C)C(=O)O[C@@H](C)[C@H](Oc2ccc(Cl)cc2)C(C)C)c1OC(C)=O. The van der Waals surface area contributed by atoms with E-state index in [-0.39, 0.29) is 29.9 Å². The molecule has 0 radical (unpaired) electrons. The Bertz CT molecular complexity index is 1010. The van der Waals surface area contributed by atoms with Crippen molar-refractivity contribution < 1.29 is 28.5 Å². The van der Waals surface area contributed by atoms with Crippen molar-refractivity contribution in [1.29, 1.82) is 0 Å². The minimum atomic E-state index is -0.559. The second-order valence-corrected chi connectivity index (χ2v) is 9.16. The molecule has 184 valence electrons. The molecule has 0 unspecified atom stereocenters. The topological polar surface area (TPSA) is 84.0 Å². The number of hydrogen-bond acceptors (Lipinski definition) is 8. The summed E-state index contributed by atoms with van der Waals surface area (Å²) in [4.78, 5) is 29.0. The molecule has 0 amide bonds. The van der Waals surface area contributed by atoms with Gasteiger partial charge < -0.3 is 18.9 Å². The lowest BCUT2D eigenvalue weighted by molar-refractivity contribution is -0.158. The number of aromatic nitrogens is 1. The summed E-state index contributed by atoms with van der Waals surface area (Å²) in [6.07, 6.45) is 0.810. The van der Waals surface area contributed by atoms with E-state index in [1.807, 2.05) is 13.8 Å². The van der Waals surface area contributed by atoms with E-state index in [1.165, 1.54) is 20.2 Å². The molecule has 0 N–H and O–H groups in total. The minimum Gasteiger partial charge on any atom is -0.493 e. The van der Waals surface area contributed by atoms with Gasteiger partial charge in [0.15, 0.2) is 11.5 Å². The molecule has 0 bridgehead atoms. The number of thiocarbonyl (C=S) groups is 1. The number of carbonyl (C=O) groups is 2. The molecule has 0 spiro atoms. The molecule has 34 heavy (non-hydrogen) atoms. The quantitative estimate of drug-likeness (QED) is 0.225. The summed E-state index contributed by atoms with van der Waals surface area (Å²) >= 11 is 11.5. The molecule has 1 heterocycles. The van der Waals surface area contributed by atoms with Crippen LogP contribution in [0.1, 0.15) is 46.7 Å². The number of carbonyl (C=O) groups excluding carboxylic acids is 2. The van der Waals surface area contributed by atoms with Crippen LogP contribution in [0.4, 0.5) is 0 Å². The molecule has 0 aliphatic heterocycles. The lowest BCUT2D eigenvalue weighted by Gasteiger charge is -2.29. The van der Waals surface area contributed by atoms with E-state index in [2.05, 4.69) is 4.98 Å². The van der Waals surface area contributed by atoms with Crippen LogP contribution in [0.25, 0.3) is 0 Å². The number of ether oxygens (including phenoxy) is 4. The monoisotopic (exact) mass is 507 g/mol. The first-order valence-electron chi connectivity index (χ1n) is 10.9. The Morgan fingerprint density at radius 2 is 1.74 bits per heavy atom. The summed E-state index contributed by atoms with van der Waals surface area (Å²) in [6.45, 7) is 8.78. The van der Waals surface area contributed by atoms with Crippen molar-refractivity contribution in [2.24, 2.45) is 11.8 Å². The van der Waals surface area contributed by atoms with Crippen molar-refractivity contribution in [1.82, 2.24) is 4.98 Å². The second-order valence-electron chi connectivity index (χ2n) is 8.24. The third kappa shape index (κ3) is 7.67. The molecule has 2 rings (SSSR count). The van der Waals surface area contributed by atoms with Crippen LogP contribution in [-0.4, -0.2) is 41.1 Å². The van der Waals surface area contributed by atoms with Gasteiger partial charge in [-0.15, -0.1) is 0 Å². The molecular formula is C25H30ClNO6S.